The Morgan fingerprint density at radius 1 is 1.11 bits per heavy atom. The van der Waals surface area contributed by atoms with Gasteiger partial charge in [0.15, 0.2) is 0 Å². The van der Waals surface area contributed by atoms with E-state index in [1.807, 2.05) is 26.0 Å². The van der Waals surface area contributed by atoms with Crippen molar-refractivity contribution in [2.75, 3.05) is 0 Å². The van der Waals surface area contributed by atoms with Crippen LogP contribution in [0.2, 0.25) is 0 Å². The monoisotopic (exact) mass is 257 g/mol. The Bertz CT molecular complexity index is 588. The minimum atomic E-state index is -0.389. The van der Waals surface area contributed by atoms with Crippen LogP contribution in [0.3, 0.4) is 0 Å². The predicted molar refractivity (Wildman–Crippen MR) is 73.3 cm³/mol. The summed E-state index contributed by atoms with van der Waals surface area (Å²) in [5.41, 5.74) is 2.88. The van der Waals surface area contributed by atoms with E-state index in [-0.39, 0.29) is 17.2 Å². The third kappa shape index (κ3) is 3.31. The molecule has 98 valence electrons. The fraction of sp³-hybridized carbons (Fsp3) is 0.200. The van der Waals surface area contributed by atoms with E-state index in [0.29, 0.717) is 5.56 Å². The highest BCUT2D eigenvalue weighted by atomic mass is 16.6. The number of aryl methyl sites for hydroxylation is 2. The quantitative estimate of drug-likeness (QED) is 0.618. The first-order valence-corrected chi connectivity index (χ1v) is 5.99. The molecule has 0 aliphatic carbocycles. The maximum Gasteiger partial charge on any atom is 0.276 e. The van der Waals surface area contributed by atoms with Crippen molar-refractivity contribution in [2.24, 2.45) is 0 Å². The van der Waals surface area contributed by atoms with Crippen LogP contribution in [0.25, 0.3) is 0 Å². The van der Waals surface area contributed by atoms with E-state index in [4.69, 9.17) is 4.74 Å². The van der Waals surface area contributed by atoms with Gasteiger partial charge in [0.05, 0.1) is 10.5 Å². The van der Waals surface area contributed by atoms with Gasteiger partial charge in [-0.05, 0) is 43.2 Å². The molecule has 0 saturated carbocycles. The van der Waals surface area contributed by atoms with E-state index in [0.717, 1.165) is 16.9 Å². The molecule has 0 fully saturated rings. The Balaban J connectivity index is 2.16. The van der Waals surface area contributed by atoms with Crippen LogP contribution in [0.4, 0.5) is 5.69 Å². The second-order valence-corrected chi connectivity index (χ2v) is 4.50. The zero-order valence-corrected chi connectivity index (χ0v) is 10.9. The van der Waals surface area contributed by atoms with Gasteiger partial charge in [0.25, 0.3) is 5.69 Å². The van der Waals surface area contributed by atoms with Gasteiger partial charge in [0, 0.05) is 6.07 Å². The van der Waals surface area contributed by atoms with Crippen LogP contribution in [-0.4, -0.2) is 4.92 Å². The summed E-state index contributed by atoms with van der Waals surface area (Å²) in [4.78, 5) is 10.5. The van der Waals surface area contributed by atoms with E-state index in [1.54, 1.807) is 18.2 Å². The summed E-state index contributed by atoms with van der Waals surface area (Å²) in [6.07, 6.45) is 0. The SMILES string of the molecule is Cc1cc(C)cc(OCc2ccccc2[N+](=O)[O-])c1. The molecule has 0 amide bonds. The number of rotatable bonds is 4. The largest absolute Gasteiger partial charge is 0.489 e. The predicted octanol–water partition coefficient (Wildman–Crippen LogP) is 3.79. The summed E-state index contributed by atoms with van der Waals surface area (Å²) in [7, 11) is 0. The third-order valence-electron chi connectivity index (χ3n) is 2.78. The molecule has 0 aliphatic heterocycles. The van der Waals surface area contributed by atoms with Crippen LogP contribution in [0.15, 0.2) is 42.5 Å². The van der Waals surface area contributed by atoms with Gasteiger partial charge in [-0.3, -0.25) is 10.1 Å². The molecule has 2 aromatic rings. The van der Waals surface area contributed by atoms with E-state index in [9.17, 15) is 10.1 Å². The highest BCUT2D eigenvalue weighted by Gasteiger charge is 2.12. The number of nitro benzene ring substituents is 1. The minimum absolute atomic E-state index is 0.0897. The Morgan fingerprint density at radius 3 is 2.37 bits per heavy atom. The summed E-state index contributed by atoms with van der Waals surface area (Å²) in [6.45, 7) is 4.18. The van der Waals surface area contributed by atoms with Crippen LogP contribution < -0.4 is 4.74 Å². The molecule has 0 unspecified atom stereocenters. The number of nitrogens with zero attached hydrogens (tertiary/aromatic N) is 1. The first-order valence-electron chi connectivity index (χ1n) is 5.99. The topological polar surface area (TPSA) is 52.4 Å². The summed E-state index contributed by atoms with van der Waals surface area (Å²) >= 11 is 0. The molecule has 2 rings (SSSR count). The Morgan fingerprint density at radius 2 is 1.74 bits per heavy atom. The van der Waals surface area contributed by atoms with Gasteiger partial charge >= 0.3 is 0 Å². The maximum absolute atomic E-state index is 10.9. The van der Waals surface area contributed by atoms with Crippen molar-refractivity contribution < 1.29 is 9.66 Å². The molecule has 0 spiro atoms. The molecule has 0 heterocycles. The number of nitro groups is 1. The van der Waals surface area contributed by atoms with Gasteiger partial charge in [-0.25, -0.2) is 0 Å². The first-order chi connectivity index (χ1) is 9.06. The highest BCUT2D eigenvalue weighted by molar-refractivity contribution is 5.40. The van der Waals surface area contributed by atoms with Crippen molar-refractivity contribution in [2.45, 2.75) is 20.5 Å². The van der Waals surface area contributed by atoms with Gasteiger partial charge in [-0.1, -0.05) is 18.2 Å². The number of hydrogen-bond donors (Lipinski definition) is 0. The minimum Gasteiger partial charge on any atom is -0.489 e. The maximum atomic E-state index is 10.9. The Labute approximate surface area is 111 Å². The molecular weight excluding hydrogens is 242 g/mol. The second kappa shape index (κ2) is 5.52. The van der Waals surface area contributed by atoms with Crippen LogP contribution in [0.5, 0.6) is 5.75 Å². The Hall–Kier alpha value is -2.36. The zero-order valence-electron chi connectivity index (χ0n) is 10.9. The number of benzene rings is 2. The molecule has 0 N–H and O–H groups in total. The molecule has 4 nitrogen and oxygen atoms in total. The van der Waals surface area contributed by atoms with Gasteiger partial charge in [0.2, 0.25) is 0 Å². The van der Waals surface area contributed by atoms with Gasteiger partial charge in [-0.15, -0.1) is 0 Å². The molecule has 19 heavy (non-hydrogen) atoms. The fourth-order valence-corrected chi connectivity index (χ4v) is 1.99. The molecule has 0 aliphatic rings. The van der Waals surface area contributed by atoms with E-state index in [1.165, 1.54) is 6.07 Å². The summed E-state index contributed by atoms with van der Waals surface area (Å²) in [5, 5.41) is 10.9. The molecule has 0 radical (unpaired) electrons. The van der Waals surface area contributed by atoms with Crippen LogP contribution in [-0.2, 0) is 6.61 Å². The van der Waals surface area contributed by atoms with E-state index >= 15 is 0 Å². The van der Waals surface area contributed by atoms with Gasteiger partial charge in [-0.2, -0.15) is 0 Å². The Kier molecular flexibility index (Phi) is 3.80. The zero-order chi connectivity index (χ0) is 13.8. The van der Waals surface area contributed by atoms with Crippen LogP contribution in [0.1, 0.15) is 16.7 Å². The molecule has 0 bridgehead atoms. The first kappa shape index (κ1) is 13.1. The van der Waals surface area contributed by atoms with Crippen molar-refractivity contribution in [1.82, 2.24) is 0 Å². The summed E-state index contributed by atoms with van der Waals surface area (Å²) in [5.74, 6) is 0.732. The number of para-hydroxylation sites is 1. The molecule has 0 aromatic heterocycles. The summed E-state index contributed by atoms with van der Waals surface area (Å²) in [6, 6.07) is 12.5. The lowest BCUT2D eigenvalue weighted by atomic mass is 10.1. The van der Waals surface area contributed by atoms with Crippen LogP contribution >= 0.6 is 0 Å². The normalized spacial score (nSPS) is 10.2. The molecule has 2 aromatic carbocycles. The molecule has 4 heteroatoms. The average molecular weight is 257 g/mol. The van der Waals surface area contributed by atoms with Crippen LogP contribution in [0, 0.1) is 24.0 Å². The number of hydrogen-bond acceptors (Lipinski definition) is 3. The lowest BCUT2D eigenvalue weighted by Crippen LogP contribution is -2.00. The lowest BCUT2D eigenvalue weighted by molar-refractivity contribution is -0.385. The third-order valence-corrected chi connectivity index (χ3v) is 2.78. The molecule has 0 saturated heterocycles. The van der Waals surface area contributed by atoms with Crippen molar-refractivity contribution in [3.63, 3.8) is 0 Å². The standard InChI is InChI=1S/C15H15NO3/c1-11-7-12(2)9-14(8-11)19-10-13-5-3-4-6-15(13)16(17)18/h3-9H,10H2,1-2H3. The van der Waals surface area contributed by atoms with Crippen molar-refractivity contribution in [3.05, 3.63) is 69.3 Å². The van der Waals surface area contributed by atoms with E-state index < -0.39 is 0 Å². The van der Waals surface area contributed by atoms with Crippen molar-refractivity contribution >= 4 is 5.69 Å². The average Bonchev–Trinajstić information content (AvgIpc) is 2.35. The molecule has 0 atom stereocenters. The van der Waals surface area contributed by atoms with E-state index in [2.05, 4.69) is 6.07 Å². The lowest BCUT2D eigenvalue weighted by Gasteiger charge is -2.08. The van der Waals surface area contributed by atoms with Gasteiger partial charge < -0.3 is 4.74 Å². The highest BCUT2D eigenvalue weighted by Crippen LogP contribution is 2.21. The molecular formula is C15H15NO3. The van der Waals surface area contributed by atoms with Crippen molar-refractivity contribution in [1.29, 1.82) is 0 Å². The fourth-order valence-electron chi connectivity index (χ4n) is 1.99. The van der Waals surface area contributed by atoms with Crippen molar-refractivity contribution in [3.8, 4) is 5.75 Å². The van der Waals surface area contributed by atoms with Gasteiger partial charge in [0.1, 0.15) is 12.4 Å². The summed E-state index contributed by atoms with van der Waals surface area (Å²) < 4.78 is 5.64. The number of ether oxygens (including phenoxy) is 1. The smallest absolute Gasteiger partial charge is 0.276 e. The second-order valence-electron chi connectivity index (χ2n) is 4.50.